The van der Waals surface area contributed by atoms with E-state index in [1.807, 2.05) is 7.05 Å². The molecule has 1 aliphatic rings. The molecule has 72 valence electrons. The lowest BCUT2D eigenvalue weighted by molar-refractivity contribution is 0.244. The van der Waals surface area contributed by atoms with Crippen LogP contribution >= 0.6 is 0 Å². The van der Waals surface area contributed by atoms with Crippen molar-refractivity contribution in [1.29, 1.82) is 0 Å². The van der Waals surface area contributed by atoms with Crippen molar-refractivity contribution in [3.63, 3.8) is 0 Å². The van der Waals surface area contributed by atoms with Gasteiger partial charge >= 0.3 is 0 Å². The normalized spacial score (nSPS) is 25.0. The third-order valence-electron chi connectivity index (χ3n) is 2.50. The van der Waals surface area contributed by atoms with E-state index in [1.165, 1.54) is 19.5 Å². The topological polar surface area (TPSA) is 35.5 Å². The van der Waals surface area contributed by atoms with Gasteiger partial charge in [-0.3, -0.25) is 0 Å². The lowest BCUT2D eigenvalue weighted by atomic mass is 10.1. The van der Waals surface area contributed by atoms with Crippen molar-refractivity contribution in [2.45, 2.75) is 12.8 Å². The molecule has 0 radical (unpaired) electrons. The van der Waals surface area contributed by atoms with Crippen LogP contribution in [-0.2, 0) is 0 Å². The fourth-order valence-electron chi connectivity index (χ4n) is 1.87. The second kappa shape index (κ2) is 5.51. The molecule has 1 atom stereocenters. The molecule has 12 heavy (non-hydrogen) atoms. The van der Waals surface area contributed by atoms with Crippen LogP contribution in [0.2, 0.25) is 0 Å². The van der Waals surface area contributed by atoms with Gasteiger partial charge in [-0.2, -0.15) is 0 Å². The summed E-state index contributed by atoms with van der Waals surface area (Å²) in [5.74, 6) is 0.827. The highest BCUT2D eigenvalue weighted by Gasteiger charge is 2.20. The molecule has 1 rings (SSSR count). The van der Waals surface area contributed by atoms with Crippen molar-refractivity contribution in [3.05, 3.63) is 0 Å². The van der Waals surface area contributed by atoms with Gasteiger partial charge in [-0.1, -0.05) is 0 Å². The number of aliphatic hydroxyl groups is 1. The Kier molecular flexibility index (Phi) is 4.58. The van der Waals surface area contributed by atoms with Gasteiger partial charge in [0.1, 0.15) is 0 Å². The summed E-state index contributed by atoms with van der Waals surface area (Å²) in [5, 5.41) is 11.9. The van der Waals surface area contributed by atoms with Gasteiger partial charge in [0.25, 0.3) is 0 Å². The summed E-state index contributed by atoms with van der Waals surface area (Å²) >= 11 is 0. The van der Waals surface area contributed by atoms with Crippen molar-refractivity contribution in [2.24, 2.45) is 5.92 Å². The van der Waals surface area contributed by atoms with E-state index in [0.29, 0.717) is 6.61 Å². The van der Waals surface area contributed by atoms with Crippen molar-refractivity contribution >= 4 is 0 Å². The number of rotatable bonds is 5. The molecule has 3 nitrogen and oxygen atoms in total. The second-order valence-corrected chi connectivity index (χ2v) is 3.59. The second-order valence-electron chi connectivity index (χ2n) is 3.59. The third kappa shape index (κ3) is 3.09. The van der Waals surface area contributed by atoms with Crippen LogP contribution in [-0.4, -0.2) is 49.8 Å². The average Bonchev–Trinajstić information content (AvgIpc) is 2.50. The van der Waals surface area contributed by atoms with Crippen LogP contribution in [0, 0.1) is 5.92 Å². The minimum atomic E-state index is 0.327. The minimum Gasteiger partial charge on any atom is -0.396 e. The maximum atomic E-state index is 8.66. The summed E-state index contributed by atoms with van der Waals surface area (Å²) in [5.41, 5.74) is 0. The average molecular weight is 172 g/mol. The van der Waals surface area contributed by atoms with Gasteiger partial charge in [-0.15, -0.1) is 0 Å². The van der Waals surface area contributed by atoms with Crippen LogP contribution in [0.4, 0.5) is 0 Å². The monoisotopic (exact) mass is 172 g/mol. The summed E-state index contributed by atoms with van der Waals surface area (Å²) in [4.78, 5) is 2.44. The molecule has 0 aromatic heterocycles. The number of likely N-dealkylation sites (tertiary alicyclic amines) is 1. The minimum absolute atomic E-state index is 0.327. The molecule has 1 unspecified atom stereocenters. The van der Waals surface area contributed by atoms with Gasteiger partial charge in [-0.05, 0) is 38.9 Å². The summed E-state index contributed by atoms with van der Waals surface area (Å²) in [6.45, 7) is 4.95. The fourth-order valence-corrected chi connectivity index (χ4v) is 1.87. The lowest BCUT2D eigenvalue weighted by Gasteiger charge is -2.14. The van der Waals surface area contributed by atoms with Gasteiger partial charge in [0.2, 0.25) is 0 Å². The van der Waals surface area contributed by atoms with Gasteiger partial charge in [0.15, 0.2) is 0 Å². The van der Waals surface area contributed by atoms with E-state index in [1.54, 1.807) is 0 Å². The quantitative estimate of drug-likeness (QED) is 0.608. The highest BCUT2D eigenvalue weighted by atomic mass is 16.3. The molecule has 0 bridgehead atoms. The van der Waals surface area contributed by atoms with Crippen molar-refractivity contribution < 1.29 is 5.11 Å². The Morgan fingerprint density at radius 2 is 2.42 bits per heavy atom. The molecule has 0 aromatic carbocycles. The van der Waals surface area contributed by atoms with Gasteiger partial charge in [0.05, 0.1) is 0 Å². The molecule has 0 saturated carbocycles. The van der Waals surface area contributed by atoms with E-state index in [-0.39, 0.29) is 0 Å². The Hall–Kier alpha value is -0.120. The summed E-state index contributed by atoms with van der Waals surface area (Å²) in [7, 11) is 2.01. The van der Waals surface area contributed by atoms with Crippen molar-refractivity contribution in [3.8, 4) is 0 Å². The van der Waals surface area contributed by atoms with Gasteiger partial charge in [0, 0.05) is 19.7 Å². The van der Waals surface area contributed by atoms with Gasteiger partial charge in [-0.25, -0.2) is 0 Å². The molecule has 2 N–H and O–H groups in total. The van der Waals surface area contributed by atoms with E-state index >= 15 is 0 Å². The zero-order valence-corrected chi connectivity index (χ0v) is 7.92. The number of aliphatic hydroxyl groups excluding tert-OH is 1. The highest BCUT2D eigenvalue weighted by molar-refractivity contribution is 4.76. The van der Waals surface area contributed by atoms with Crippen LogP contribution < -0.4 is 5.32 Å². The first-order valence-corrected chi connectivity index (χ1v) is 4.84. The first-order chi connectivity index (χ1) is 5.86. The van der Waals surface area contributed by atoms with Crippen LogP contribution in [0.1, 0.15) is 12.8 Å². The van der Waals surface area contributed by atoms with Crippen LogP contribution in [0.5, 0.6) is 0 Å². The van der Waals surface area contributed by atoms with E-state index < -0.39 is 0 Å². The molecule has 0 amide bonds. The molecular formula is C9H20N2O. The molecule has 3 heteroatoms. The Balaban J connectivity index is 2.08. The fraction of sp³-hybridized carbons (Fsp3) is 1.00. The molecule has 1 fully saturated rings. The number of nitrogens with zero attached hydrogens (tertiary/aromatic N) is 1. The Labute approximate surface area is 74.8 Å². The predicted octanol–water partition coefficient (Wildman–Crippen LogP) is -0.0899. The van der Waals surface area contributed by atoms with E-state index in [2.05, 4.69) is 10.2 Å². The van der Waals surface area contributed by atoms with Crippen molar-refractivity contribution in [2.75, 3.05) is 39.8 Å². The van der Waals surface area contributed by atoms with E-state index in [9.17, 15) is 0 Å². The first-order valence-electron chi connectivity index (χ1n) is 4.84. The van der Waals surface area contributed by atoms with Crippen molar-refractivity contribution in [1.82, 2.24) is 10.2 Å². The SMILES string of the molecule is CNCC1CCN(CCCO)C1. The summed E-state index contributed by atoms with van der Waals surface area (Å²) in [6.07, 6.45) is 2.23. The number of hydrogen-bond acceptors (Lipinski definition) is 3. The standard InChI is InChI=1S/C9H20N2O/c1-10-7-9-3-5-11(8-9)4-2-6-12/h9-10,12H,2-8H2,1H3. The molecule has 1 heterocycles. The Morgan fingerprint density at radius 1 is 1.58 bits per heavy atom. The lowest BCUT2D eigenvalue weighted by Crippen LogP contribution is -2.25. The van der Waals surface area contributed by atoms with Gasteiger partial charge < -0.3 is 15.3 Å². The summed E-state index contributed by atoms with van der Waals surface area (Å²) in [6, 6.07) is 0. The molecule has 1 saturated heterocycles. The smallest absolute Gasteiger partial charge is 0.0443 e. The van der Waals surface area contributed by atoms with Crippen LogP contribution in [0.3, 0.4) is 0 Å². The number of hydrogen-bond donors (Lipinski definition) is 2. The predicted molar refractivity (Wildman–Crippen MR) is 50.2 cm³/mol. The Bertz CT molecular complexity index is 119. The van der Waals surface area contributed by atoms with Crippen LogP contribution in [0.25, 0.3) is 0 Å². The first kappa shape index (κ1) is 9.96. The van der Waals surface area contributed by atoms with E-state index in [4.69, 9.17) is 5.11 Å². The van der Waals surface area contributed by atoms with E-state index in [0.717, 1.165) is 25.4 Å². The molecular weight excluding hydrogens is 152 g/mol. The highest BCUT2D eigenvalue weighted by Crippen LogP contribution is 2.14. The zero-order valence-electron chi connectivity index (χ0n) is 7.92. The van der Waals surface area contributed by atoms with Crippen LogP contribution in [0.15, 0.2) is 0 Å². The maximum Gasteiger partial charge on any atom is 0.0443 e. The zero-order chi connectivity index (χ0) is 8.81. The molecule has 1 aliphatic heterocycles. The molecule has 0 aliphatic carbocycles. The third-order valence-corrected chi connectivity index (χ3v) is 2.50. The number of nitrogens with one attached hydrogen (secondary N) is 1. The maximum absolute atomic E-state index is 8.66. The molecule has 0 aromatic rings. The largest absolute Gasteiger partial charge is 0.396 e. The Morgan fingerprint density at radius 3 is 3.08 bits per heavy atom. The summed E-state index contributed by atoms with van der Waals surface area (Å²) < 4.78 is 0. The molecule has 0 spiro atoms.